The summed E-state index contributed by atoms with van der Waals surface area (Å²) in [7, 11) is 0. The smallest absolute Gasteiger partial charge is 0.149 e. The van der Waals surface area contributed by atoms with Crippen LogP contribution in [-0.2, 0) is 6.42 Å². The molecule has 0 bridgehead atoms. The number of pyridine rings is 1. The Hall–Kier alpha value is -1.64. The topological polar surface area (TPSA) is 24.9 Å². The lowest BCUT2D eigenvalue weighted by atomic mass is 10.1. The van der Waals surface area contributed by atoms with Crippen LogP contribution in [0.1, 0.15) is 31.4 Å². The second-order valence-electron chi connectivity index (χ2n) is 4.59. The number of anilines is 1. The normalized spacial score (nSPS) is 10.9. The van der Waals surface area contributed by atoms with Crippen molar-refractivity contribution in [3.63, 3.8) is 0 Å². The van der Waals surface area contributed by atoms with Crippen molar-refractivity contribution < 1.29 is 4.39 Å². The van der Waals surface area contributed by atoms with E-state index in [0.29, 0.717) is 5.52 Å². The van der Waals surface area contributed by atoms with E-state index in [4.69, 9.17) is 0 Å². The number of hydrogen-bond acceptors (Lipinski definition) is 2. The number of aromatic nitrogens is 1. The summed E-state index contributed by atoms with van der Waals surface area (Å²) < 4.78 is 13.9. The molecule has 1 aromatic carbocycles. The van der Waals surface area contributed by atoms with E-state index in [0.717, 1.165) is 41.7 Å². The minimum Gasteiger partial charge on any atom is -0.370 e. The Kier molecular flexibility index (Phi) is 3.80. The van der Waals surface area contributed by atoms with E-state index in [2.05, 4.69) is 24.1 Å². The molecule has 0 spiro atoms. The van der Waals surface area contributed by atoms with Gasteiger partial charge in [0.05, 0.1) is 0 Å². The molecule has 0 saturated heterocycles. The van der Waals surface area contributed by atoms with Crippen LogP contribution in [0.5, 0.6) is 0 Å². The molecule has 0 fully saturated rings. The molecule has 0 radical (unpaired) electrons. The van der Waals surface area contributed by atoms with Gasteiger partial charge >= 0.3 is 0 Å². The maximum Gasteiger partial charge on any atom is 0.149 e. The molecule has 18 heavy (non-hydrogen) atoms. The Bertz CT molecular complexity index is 564. The van der Waals surface area contributed by atoms with Gasteiger partial charge in [-0.15, -0.1) is 0 Å². The van der Waals surface area contributed by atoms with E-state index in [-0.39, 0.29) is 5.82 Å². The zero-order valence-corrected chi connectivity index (χ0v) is 11.2. The number of benzene rings is 1. The van der Waals surface area contributed by atoms with Gasteiger partial charge in [-0.2, -0.15) is 0 Å². The standard InChI is InChI=1S/C15H19FN2/c1-4-6-17-15-11(5-2)9-12-7-10(3)8-13(16)14(12)18-15/h7-9H,4-6H2,1-3H3,(H,17,18). The van der Waals surface area contributed by atoms with Gasteiger partial charge < -0.3 is 5.32 Å². The minimum absolute atomic E-state index is 0.243. The first-order valence-electron chi connectivity index (χ1n) is 6.49. The number of rotatable bonds is 4. The predicted molar refractivity (Wildman–Crippen MR) is 74.6 cm³/mol. The Morgan fingerprint density at radius 3 is 2.67 bits per heavy atom. The summed E-state index contributed by atoms with van der Waals surface area (Å²) in [6.45, 7) is 6.95. The number of halogens is 1. The molecule has 0 atom stereocenters. The molecular formula is C15H19FN2. The SMILES string of the molecule is CCCNc1nc2c(F)cc(C)cc2cc1CC. The molecule has 1 aromatic heterocycles. The summed E-state index contributed by atoms with van der Waals surface area (Å²) in [5.74, 6) is 0.571. The van der Waals surface area contributed by atoms with Crippen molar-refractivity contribution in [3.8, 4) is 0 Å². The monoisotopic (exact) mass is 246 g/mol. The molecule has 1 N–H and O–H groups in total. The molecule has 2 nitrogen and oxygen atoms in total. The summed E-state index contributed by atoms with van der Waals surface area (Å²) in [4.78, 5) is 4.44. The molecule has 2 rings (SSSR count). The third-order valence-electron chi connectivity index (χ3n) is 3.02. The summed E-state index contributed by atoms with van der Waals surface area (Å²) in [6, 6.07) is 5.55. The highest BCUT2D eigenvalue weighted by atomic mass is 19.1. The van der Waals surface area contributed by atoms with Crippen LogP contribution in [0.25, 0.3) is 10.9 Å². The molecule has 3 heteroatoms. The van der Waals surface area contributed by atoms with Gasteiger partial charge in [0.15, 0.2) is 0 Å². The zero-order chi connectivity index (χ0) is 13.1. The van der Waals surface area contributed by atoms with Gasteiger partial charge in [0, 0.05) is 11.9 Å². The van der Waals surface area contributed by atoms with E-state index >= 15 is 0 Å². The van der Waals surface area contributed by atoms with Crippen molar-refractivity contribution >= 4 is 16.7 Å². The van der Waals surface area contributed by atoms with E-state index in [1.807, 2.05) is 19.1 Å². The average Bonchev–Trinajstić information content (AvgIpc) is 2.35. The fourth-order valence-corrected chi connectivity index (χ4v) is 2.10. The summed E-state index contributed by atoms with van der Waals surface area (Å²) in [5.41, 5.74) is 2.52. The molecule has 0 saturated carbocycles. The highest BCUT2D eigenvalue weighted by Crippen LogP contribution is 2.24. The Labute approximate surface area is 107 Å². The number of fused-ring (bicyclic) bond motifs is 1. The van der Waals surface area contributed by atoms with Crippen molar-refractivity contribution in [2.45, 2.75) is 33.6 Å². The lowest BCUT2D eigenvalue weighted by Crippen LogP contribution is -2.05. The largest absolute Gasteiger partial charge is 0.370 e. The molecule has 1 heterocycles. The van der Waals surface area contributed by atoms with Crippen molar-refractivity contribution in [3.05, 3.63) is 35.1 Å². The maximum absolute atomic E-state index is 13.9. The fourth-order valence-electron chi connectivity index (χ4n) is 2.10. The van der Waals surface area contributed by atoms with Crippen LogP contribution in [0.2, 0.25) is 0 Å². The van der Waals surface area contributed by atoms with E-state index in [9.17, 15) is 4.39 Å². The molecule has 96 valence electrons. The lowest BCUT2D eigenvalue weighted by molar-refractivity contribution is 0.635. The van der Waals surface area contributed by atoms with Gasteiger partial charge in [-0.05, 0) is 49.1 Å². The molecule has 0 aliphatic heterocycles. The fraction of sp³-hybridized carbons (Fsp3) is 0.400. The maximum atomic E-state index is 13.9. The summed E-state index contributed by atoms with van der Waals surface area (Å²) >= 11 is 0. The highest BCUT2D eigenvalue weighted by molar-refractivity contribution is 5.83. The first-order valence-corrected chi connectivity index (χ1v) is 6.49. The van der Waals surface area contributed by atoms with Gasteiger partial charge in [0.25, 0.3) is 0 Å². The Balaban J connectivity index is 2.57. The van der Waals surface area contributed by atoms with Crippen LogP contribution in [0.4, 0.5) is 10.2 Å². The third-order valence-corrected chi connectivity index (χ3v) is 3.02. The molecule has 2 aromatic rings. The third kappa shape index (κ3) is 2.45. The summed E-state index contributed by atoms with van der Waals surface area (Å²) in [6.07, 6.45) is 1.92. The average molecular weight is 246 g/mol. The summed E-state index contributed by atoms with van der Waals surface area (Å²) in [5, 5.41) is 4.15. The second-order valence-corrected chi connectivity index (χ2v) is 4.59. The molecule has 0 unspecified atom stereocenters. The van der Waals surface area contributed by atoms with Crippen molar-refractivity contribution in [1.82, 2.24) is 4.98 Å². The van der Waals surface area contributed by atoms with Gasteiger partial charge in [-0.1, -0.05) is 13.8 Å². The Morgan fingerprint density at radius 1 is 1.22 bits per heavy atom. The van der Waals surface area contributed by atoms with Gasteiger partial charge in [0.2, 0.25) is 0 Å². The highest BCUT2D eigenvalue weighted by Gasteiger charge is 2.09. The van der Waals surface area contributed by atoms with E-state index in [1.165, 1.54) is 6.07 Å². The van der Waals surface area contributed by atoms with E-state index < -0.39 is 0 Å². The predicted octanol–water partition coefficient (Wildman–Crippen LogP) is 4.07. The number of hydrogen-bond donors (Lipinski definition) is 1. The molecule has 0 amide bonds. The first kappa shape index (κ1) is 12.8. The van der Waals surface area contributed by atoms with Gasteiger partial charge in [0.1, 0.15) is 17.2 Å². The first-order chi connectivity index (χ1) is 8.65. The molecule has 0 aliphatic rings. The molecular weight excluding hydrogens is 227 g/mol. The van der Waals surface area contributed by atoms with Crippen LogP contribution >= 0.6 is 0 Å². The molecule has 0 aliphatic carbocycles. The van der Waals surface area contributed by atoms with Crippen LogP contribution < -0.4 is 5.32 Å². The Morgan fingerprint density at radius 2 is 2.00 bits per heavy atom. The quantitative estimate of drug-likeness (QED) is 0.879. The number of nitrogens with zero attached hydrogens (tertiary/aromatic N) is 1. The second kappa shape index (κ2) is 5.34. The van der Waals surface area contributed by atoms with Crippen molar-refractivity contribution in [2.75, 3.05) is 11.9 Å². The van der Waals surface area contributed by atoms with Gasteiger partial charge in [-0.25, -0.2) is 9.37 Å². The number of nitrogens with one attached hydrogen (secondary N) is 1. The minimum atomic E-state index is -0.243. The van der Waals surface area contributed by atoms with Crippen LogP contribution in [0.15, 0.2) is 18.2 Å². The van der Waals surface area contributed by atoms with Crippen LogP contribution in [0.3, 0.4) is 0 Å². The van der Waals surface area contributed by atoms with Crippen molar-refractivity contribution in [2.24, 2.45) is 0 Å². The number of aryl methyl sites for hydroxylation is 2. The lowest BCUT2D eigenvalue weighted by Gasteiger charge is -2.11. The van der Waals surface area contributed by atoms with Crippen molar-refractivity contribution in [1.29, 1.82) is 0 Å². The van der Waals surface area contributed by atoms with Gasteiger partial charge in [-0.3, -0.25) is 0 Å². The van der Waals surface area contributed by atoms with Crippen LogP contribution in [0, 0.1) is 12.7 Å². The van der Waals surface area contributed by atoms with E-state index in [1.54, 1.807) is 0 Å². The van der Waals surface area contributed by atoms with Crippen LogP contribution in [-0.4, -0.2) is 11.5 Å². The zero-order valence-electron chi connectivity index (χ0n) is 11.2.